The maximum absolute atomic E-state index is 13.3. The summed E-state index contributed by atoms with van der Waals surface area (Å²) in [4.78, 5) is 29.3. The molecular formula is C25H29ClN2O4. The molecule has 1 saturated carbocycles. The van der Waals surface area contributed by atoms with Gasteiger partial charge in [0.15, 0.2) is 0 Å². The van der Waals surface area contributed by atoms with Gasteiger partial charge in [-0.15, -0.1) is 0 Å². The number of ether oxygens (including phenoxy) is 2. The largest absolute Gasteiger partial charge is 0.497 e. The Morgan fingerprint density at radius 2 is 1.69 bits per heavy atom. The Morgan fingerprint density at radius 3 is 2.41 bits per heavy atom. The highest BCUT2D eigenvalue weighted by Gasteiger charge is 2.36. The van der Waals surface area contributed by atoms with Gasteiger partial charge in [-0.2, -0.15) is 0 Å². The molecule has 7 heteroatoms. The summed E-state index contributed by atoms with van der Waals surface area (Å²) in [5, 5.41) is 0.342. The van der Waals surface area contributed by atoms with Gasteiger partial charge in [0, 0.05) is 25.3 Å². The summed E-state index contributed by atoms with van der Waals surface area (Å²) in [6.07, 6.45) is 6.43. The van der Waals surface area contributed by atoms with E-state index in [1.807, 2.05) is 4.90 Å². The van der Waals surface area contributed by atoms with E-state index in [2.05, 4.69) is 0 Å². The zero-order valence-corrected chi connectivity index (χ0v) is 19.3. The number of halogens is 1. The minimum atomic E-state index is -0.550. The van der Waals surface area contributed by atoms with Crippen LogP contribution in [0.4, 0.5) is 10.5 Å². The van der Waals surface area contributed by atoms with Gasteiger partial charge in [0.2, 0.25) is 0 Å². The van der Waals surface area contributed by atoms with E-state index in [-0.39, 0.29) is 5.91 Å². The number of rotatable bonds is 4. The predicted octanol–water partition coefficient (Wildman–Crippen LogP) is 5.78. The fourth-order valence-corrected chi connectivity index (χ4v) is 5.09. The Morgan fingerprint density at radius 1 is 1.00 bits per heavy atom. The zero-order chi connectivity index (χ0) is 22.7. The van der Waals surface area contributed by atoms with Crippen LogP contribution in [-0.2, 0) is 0 Å². The number of hydrogen-bond donors (Lipinski definition) is 0. The number of likely N-dealkylation sites (tertiary alicyclic amines) is 1. The summed E-state index contributed by atoms with van der Waals surface area (Å²) >= 11 is 6.52. The molecule has 1 aliphatic carbocycles. The topological polar surface area (TPSA) is 59.1 Å². The number of methoxy groups -OCH3 is 1. The van der Waals surface area contributed by atoms with Gasteiger partial charge in [-0.3, -0.25) is 9.69 Å². The number of amides is 2. The van der Waals surface area contributed by atoms with Gasteiger partial charge in [0.05, 0.1) is 17.7 Å². The maximum Gasteiger partial charge on any atom is 0.419 e. The van der Waals surface area contributed by atoms with Gasteiger partial charge in [-0.25, -0.2) is 4.79 Å². The summed E-state index contributed by atoms with van der Waals surface area (Å²) in [6.45, 7) is 0.784. The molecule has 1 saturated heterocycles. The molecule has 2 aromatic rings. The highest BCUT2D eigenvalue weighted by molar-refractivity contribution is 6.34. The third kappa shape index (κ3) is 4.70. The third-order valence-corrected chi connectivity index (χ3v) is 6.93. The number of carbonyl (C=O) groups excluding carboxylic acids is 2. The number of hydrogen-bond acceptors (Lipinski definition) is 4. The second kappa shape index (κ2) is 9.82. The van der Waals surface area contributed by atoms with E-state index < -0.39 is 6.09 Å². The number of fused-ring (bicyclic) bond motifs is 1. The summed E-state index contributed by atoms with van der Waals surface area (Å²) in [5.74, 6) is 1.69. The number of piperidine rings is 1. The minimum Gasteiger partial charge on any atom is -0.497 e. The summed E-state index contributed by atoms with van der Waals surface area (Å²) < 4.78 is 10.5. The molecule has 2 atom stereocenters. The molecule has 0 spiro atoms. The molecule has 2 aliphatic rings. The van der Waals surface area contributed by atoms with E-state index in [1.54, 1.807) is 56.6 Å². The fourth-order valence-electron chi connectivity index (χ4n) is 4.84. The van der Waals surface area contributed by atoms with Crippen molar-refractivity contribution in [1.29, 1.82) is 0 Å². The average molecular weight is 457 g/mol. The van der Waals surface area contributed by atoms with Crippen molar-refractivity contribution in [3.8, 4) is 11.5 Å². The molecule has 0 N–H and O–H groups in total. The van der Waals surface area contributed by atoms with E-state index in [0.717, 1.165) is 19.4 Å². The Labute approximate surface area is 194 Å². The predicted molar refractivity (Wildman–Crippen MR) is 125 cm³/mol. The Bertz CT molecular complexity index is 976. The van der Waals surface area contributed by atoms with Crippen molar-refractivity contribution in [2.75, 3.05) is 25.6 Å². The summed E-state index contributed by atoms with van der Waals surface area (Å²) in [6, 6.07) is 12.2. The van der Waals surface area contributed by atoms with Crippen LogP contribution in [0.1, 0.15) is 48.9 Å². The van der Waals surface area contributed by atoms with Gasteiger partial charge in [-0.05, 0) is 74.1 Å². The molecule has 4 rings (SSSR count). The fraction of sp³-hybridized carbons (Fsp3) is 0.440. The molecule has 2 aromatic carbocycles. The van der Waals surface area contributed by atoms with Crippen molar-refractivity contribution in [1.82, 2.24) is 4.90 Å². The average Bonchev–Trinajstić information content (AvgIpc) is 2.83. The third-order valence-electron chi connectivity index (χ3n) is 6.61. The van der Waals surface area contributed by atoms with Crippen LogP contribution in [0.3, 0.4) is 0 Å². The lowest BCUT2D eigenvalue weighted by molar-refractivity contribution is 0.0391. The minimum absolute atomic E-state index is 0.0124. The molecule has 0 radical (unpaired) electrons. The Hall–Kier alpha value is -2.73. The number of benzene rings is 2. The standard InChI is InChI=1S/C25H29ClN2O4/c1-27(25(30)32-20-12-10-19(31-2)11-13-20)18-9-14-21(22(26)16-18)24(29)28-15-5-7-17-6-3-4-8-23(17)28/h9-14,16-17,23H,3-8,15H2,1-2H3/t17-,23+/m0/s1. The van der Waals surface area contributed by atoms with Crippen molar-refractivity contribution in [2.24, 2.45) is 5.92 Å². The van der Waals surface area contributed by atoms with Gasteiger partial charge >= 0.3 is 6.09 Å². The van der Waals surface area contributed by atoms with Gasteiger partial charge in [0.25, 0.3) is 5.91 Å². The molecule has 1 aliphatic heterocycles. The molecule has 0 unspecified atom stereocenters. The molecule has 170 valence electrons. The van der Waals surface area contributed by atoms with Crippen LogP contribution in [0.2, 0.25) is 5.02 Å². The van der Waals surface area contributed by atoms with Crippen LogP contribution in [0.5, 0.6) is 11.5 Å². The highest BCUT2D eigenvalue weighted by atomic mass is 35.5. The van der Waals surface area contributed by atoms with Crippen molar-refractivity contribution < 1.29 is 19.1 Å². The van der Waals surface area contributed by atoms with Crippen LogP contribution < -0.4 is 14.4 Å². The number of carbonyl (C=O) groups is 2. The van der Waals surface area contributed by atoms with Crippen LogP contribution in [0.15, 0.2) is 42.5 Å². The van der Waals surface area contributed by atoms with E-state index in [9.17, 15) is 9.59 Å². The molecule has 6 nitrogen and oxygen atoms in total. The van der Waals surface area contributed by atoms with Crippen molar-refractivity contribution >= 4 is 29.3 Å². The number of anilines is 1. The first kappa shape index (κ1) is 22.5. The van der Waals surface area contributed by atoms with E-state index in [4.69, 9.17) is 21.1 Å². The summed E-state index contributed by atoms with van der Waals surface area (Å²) in [7, 11) is 3.18. The lowest BCUT2D eigenvalue weighted by atomic mass is 9.78. The van der Waals surface area contributed by atoms with Gasteiger partial charge in [-0.1, -0.05) is 24.4 Å². The zero-order valence-electron chi connectivity index (χ0n) is 18.6. The first-order valence-electron chi connectivity index (χ1n) is 11.2. The number of nitrogens with zero attached hydrogens (tertiary/aromatic N) is 2. The molecule has 32 heavy (non-hydrogen) atoms. The Balaban J connectivity index is 1.45. The quantitative estimate of drug-likeness (QED) is 0.585. The van der Waals surface area contributed by atoms with Crippen LogP contribution in [0, 0.1) is 5.92 Å². The van der Waals surface area contributed by atoms with Gasteiger partial charge < -0.3 is 14.4 Å². The lowest BCUT2D eigenvalue weighted by Crippen LogP contribution is -2.49. The smallest absolute Gasteiger partial charge is 0.419 e. The molecule has 0 aromatic heterocycles. The molecule has 1 heterocycles. The molecule has 2 amide bonds. The Kier molecular flexibility index (Phi) is 6.89. The maximum atomic E-state index is 13.3. The van der Waals surface area contributed by atoms with Crippen molar-refractivity contribution in [2.45, 2.75) is 44.6 Å². The molecule has 2 fully saturated rings. The van der Waals surface area contributed by atoms with Crippen LogP contribution in [-0.4, -0.2) is 43.6 Å². The first-order chi connectivity index (χ1) is 15.5. The normalized spacial score (nSPS) is 20.3. The van der Waals surface area contributed by atoms with Crippen molar-refractivity contribution in [3.63, 3.8) is 0 Å². The van der Waals surface area contributed by atoms with E-state index in [1.165, 1.54) is 30.6 Å². The van der Waals surface area contributed by atoms with Gasteiger partial charge in [0.1, 0.15) is 11.5 Å². The lowest BCUT2D eigenvalue weighted by Gasteiger charge is -2.44. The summed E-state index contributed by atoms with van der Waals surface area (Å²) in [5.41, 5.74) is 1.04. The second-order valence-electron chi connectivity index (χ2n) is 8.52. The van der Waals surface area contributed by atoms with Crippen molar-refractivity contribution in [3.05, 3.63) is 53.1 Å². The second-order valence-corrected chi connectivity index (χ2v) is 8.93. The van der Waals surface area contributed by atoms with Crippen LogP contribution >= 0.6 is 11.6 Å². The highest BCUT2D eigenvalue weighted by Crippen LogP contribution is 2.37. The SMILES string of the molecule is COc1ccc(OC(=O)N(C)c2ccc(C(=O)N3CCC[C@@H]4CCCC[C@H]43)c(Cl)c2)cc1. The van der Waals surface area contributed by atoms with E-state index >= 15 is 0 Å². The van der Waals surface area contributed by atoms with Crippen LogP contribution in [0.25, 0.3) is 0 Å². The molecule has 0 bridgehead atoms. The first-order valence-corrected chi connectivity index (χ1v) is 11.6. The monoisotopic (exact) mass is 456 g/mol. The molecular weight excluding hydrogens is 428 g/mol. The van der Waals surface area contributed by atoms with E-state index in [0.29, 0.717) is 39.7 Å².